The van der Waals surface area contributed by atoms with Crippen molar-refractivity contribution >= 4 is 20.8 Å². The van der Waals surface area contributed by atoms with Gasteiger partial charge in [-0.05, 0) is 31.5 Å². The number of ether oxygens (including phenoxy) is 1. The first-order chi connectivity index (χ1) is 11.6. The number of hydrogen-bond acceptors (Lipinski definition) is 5. The van der Waals surface area contributed by atoms with Gasteiger partial charge in [-0.2, -0.15) is 0 Å². The molecule has 0 bridgehead atoms. The SMILES string of the molecule is COCCN1CCCC1CNS(=O)(=O)c1cccc2cnccc12. The highest BCUT2D eigenvalue weighted by Gasteiger charge is 2.26. The number of benzene rings is 1. The average molecular weight is 349 g/mol. The van der Waals surface area contributed by atoms with Gasteiger partial charge in [-0.1, -0.05) is 12.1 Å². The molecule has 1 aliphatic rings. The molecule has 1 saturated heterocycles. The highest BCUT2D eigenvalue weighted by molar-refractivity contribution is 7.89. The molecule has 1 aliphatic heterocycles. The topological polar surface area (TPSA) is 71.5 Å². The Hall–Kier alpha value is -1.54. The Labute approximate surface area is 142 Å². The maximum atomic E-state index is 12.7. The number of rotatable bonds is 7. The third-order valence-corrected chi connectivity index (χ3v) is 6.00. The first-order valence-corrected chi connectivity index (χ1v) is 9.65. The first kappa shape index (κ1) is 17.3. The monoisotopic (exact) mass is 349 g/mol. The van der Waals surface area contributed by atoms with Crippen LogP contribution in [0.1, 0.15) is 12.8 Å². The lowest BCUT2D eigenvalue weighted by molar-refractivity contribution is 0.141. The maximum absolute atomic E-state index is 12.7. The van der Waals surface area contributed by atoms with Crippen molar-refractivity contribution in [3.8, 4) is 0 Å². The molecule has 1 aromatic heterocycles. The zero-order valence-electron chi connectivity index (χ0n) is 13.8. The number of methoxy groups -OCH3 is 1. The van der Waals surface area contributed by atoms with Crippen LogP contribution in [0, 0.1) is 0 Å². The molecule has 2 heterocycles. The van der Waals surface area contributed by atoms with Gasteiger partial charge in [0.05, 0.1) is 11.5 Å². The van der Waals surface area contributed by atoms with Crippen molar-refractivity contribution in [2.24, 2.45) is 0 Å². The Balaban J connectivity index is 1.74. The lowest BCUT2D eigenvalue weighted by Crippen LogP contribution is -2.41. The lowest BCUT2D eigenvalue weighted by atomic mass is 10.2. The van der Waals surface area contributed by atoms with Crippen LogP contribution in [-0.4, -0.2) is 57.7 Å². The fourth-order valence-corrected chi connectivity index (χ4v) is 4.54. The van der Waals surface area contributed by atoms with Gasteiger partial charge >= 0.3 is 0 Å². The van der Waals surface area contributed by atoms with Crippen LogP contribution in [0.2, 0.25) is 0 Å². The Morgan fingerprint density at radius 1 is 1.38 bits per heavy atom. The number of aromatic nitrogens is 1. The smallest absolute Gasteiger partial charge is 0.241 e. The Morgan fingerprint density at radius 2 is 2.25 bits per heavy atom. The number of hydrogen-bond donors (Lipinski definition) is 1. The van der Waals surface area contributed by atoms with Gasteiger partial charge in [-0.25, -0.2) is 13.1 Å². The predicted molar refractivity (Wildman–Crippen MR) is 93.4 cm³/mol. The summed E-state index contributed by atoms with van der Waals surface area (Å²) >= 11 is 0. The molecule has 1 atom stereocenters. The van der Waals surface area contributed by atoms with Gasteiger partial charge in [-0.3, -0.25) is 9.88 Å². The highest BCUT2D eigenvalue weighted by Crippen LogP contribution is 2.22. The van der Waals surface area contributed by atoms with Crippen molar-refractivity contribution in [2.75, 3.05) is 33.4 Å². The summed E-state index contributed by atoms with van der Waals surface area (Å²) in [4.78, 5) is 6.65. The maximum Gasteiger partial charge on any atom is 0.241 e. The van der Waals surface area contributed by atoms with Gasteiger partial charge in [0.15, 0.2) is 0 Å². The van der Waals surface area contributed by atoms with Gasteiger partial charge < -0.3 is 4.74 Å². The van der Waals surface area contributed by atoms with Crippen molar-refractivity contribution in [3.63, 3.8) is 0 Å². The molecule has 0 amide bonds. The molecule has 2 aromatic rings. The number of nitrogens with zero attached hydrogens (tertiary/aromatic N) is 2. The summed E-state index contributed by atoms with van der Waals surface area (Å²) in [5, 5.41) is 1.52. The van der Waals surface area contributed by atoms with Crippen molar-refractivity contribution in [1.82, 2.24) is 14.6 Å². The van der Waals surface area contributed by atoms with Gasteiger partial charge in [0.2, 0.25) is 10.0 Å². The van der Waals surface area contributed by atoms with E-state index < -0.39 is 10.0 Å². The second-order valence-corrected chi connectivity index (χ2v) is 7.77. The van der Waals surface area contributed by atoms with Crippen LogP contribution >= 0.6 is 0 Å². The standard InChI is InChI=1S/C17H23N3O3S/c1-23-11-10-20-9-3-5-15(20)13-19-24(21,22)17-6-2-4-14-12-18-8-7-16(14)17/h2,4,6-8,12,15,19H,3,5,9-11,13H2,1H3. The molecule has 0 aliphatic carbocycles. The van der Waals surface area contributed by atoms with Gasteiger partial charge in [0.1, 0.15) is 0 Å². The molecule has 24 heavy (non-hydrogen) atoms. The molecule has 1 fully saturated rings. The van der Waals surface area contributed by atoms with Gasteiger partial charge in [0, 0.05) is 49.4 Å². The van der Waals surface area contributed by atoms with E-state index in [-0.39, 0.29) is 6.04 Å². The summed E-state index contributed by atoms with van der Waals surface area (Å²) < 4.78 is 33.4. The fraction of sp³-hybridized carbons (Fsp3) is 0.471. The lowest BCUT2D eigenvalue weighted by Gasteiger charge is -2.24. The zero-order chi connectivity index (χ0) is 17.0. The fourth-order valence-electron chi connectivity index (χ4n) is 3.24. The van der Waals surface area contributed by atoms with Crippen molar-refractivity contribution in [1.29, 1.82) is 0 Å². The number of pyridine rings is 1. The Morgan fingerprint density at radius 3 is 3.08 bits per heavy atom. The largest absolute Gasteiger partial charge is 0.383 e. The van der Waals surface area contributed by atoms with Crippen LogP contribution in [0.15, 0.2) is 41.6 Å². The quantitative estimate of drug-likeness (QED) is 0.822. The number of fused-ring (bicyclic) bond motifs is 1. The normalized spacial score (nSPS) is 19.1. The minimum absolute atomic E-state index is 0.228. The van der Waals surface area contributed by atoms with Crippen LogP contribution in [-0.2, 0) is 14.8 Å². The number of sulfonamides is 1. The van der Waals surface area contributed by atoms with Crippen LogP contribution in [0.4, 0.5) is 0 Å². The van der Waals surface area contributed by atoms with Crippen LogP contribution in [0.25, 0.3) is 10.8 Å². The summed E-state index contributed by atoms with van der Waals surface area (Å²) in [6.07, 6.45) is 5.39. The molecule has 0 radical (unpaired) electrons. The van der Waals surface area contributed by atoms with E-state index in [1.807, 2.05) is 6.07 Å². The van der Waals surface area contributed by atoms with E-state index in [4.69, 9.17) is 4.74 Å². The summed E-state index contributed by atoms with van der Waals surface area (Å²) in [6, 6.07) is 7.22. The molecule has 0 spiro atoms. The molecule has 1 aromatic carbocycles. The molecule has 1 unspecified atom stereocenters. The van der Waals surface area contributed by atoms with E-state index in [1.165, 1.54) is 0 Å². The zero-order valence-corrected chi connectivity index (χ0v) is 14.6. The highest BCUT2D eigenvalue weighted by atomic mass is 32.2. The minimum atomic E-state index is -3.55. The van der Waals surface area contributed by atoms with Crippen LogP contribution in [0.3, 0.4) is 0 Å². The molecular formula is C17H23N3O3S. The summed E-state index contributed by atoms with van der Waals surface area (Å²) in [6.45, 7) is 2.92. The molecule has 1 N–H and O–H groups in total. The van der Waals surface area contributed by atoms with E-state index in [9.17, 15) is 8.42 Å². The van der Waals surface area contributed by atoms with Gasteiger partial charge in [0.25, 0.3) is 0 Å². The molecular weight excluding hydrogens is 326 g/mol. The van der Waals surface area contributed by atoms with E-state index in [0.29, 0.717) is 23.4 Å². The third-order valence-electron chi connectivity index (χ3n) is 4.52. The summed E-state index contributed by atoms with van der Waals surface area (Å²) in [7, 11) is -1.87. The van der Waals surface area contributed by atoms with Gasteiger partial charge in [-0.15, -0.1) is 0 Å². The minimum Gasteiger partial charge on any atom is -0.383 e. The van der Waals surface area contributed by atoms with Crippen LogP contribution < -0.4 is 4.72 Å². The number of likely N-dealkylation sites (tertiary alicyclic amines) is 1. The first-order valence-electron chi connectivity index (χ1n) is 8.17. The van der Waals surface area contributed by atoms with E-state index >= 15 is 0 Å². The Bertz CT molecular complexity index is 789. The molecule has 7 heteroatoms. The Kier molecular flexibility index (Phi) is 5.45. The summed E-state index contributed by atoms with van der Waals surface area (Å²) in [5.74, 6) is 0. The van der Waals surface area contributed by atoms with E-state index in [2.05, 4.69) is 14.6 Å². The number of nitrogens with one attached hydrogen (secondary N) is 1. The molecule has 130 valence electrons. The van der Waals surface area contributed by atoms with Crippen molar-refractivity contribution < 1.29 is 13.2 Å². The molecule has 0 saturated carbocycles. The van der Waals surface area contributed by atoms with Crippen molar-refractivity contribution in [3.05, 3.63) is 36.7 Å². The molecule has 6 nitrogen and oxygen atoms in total. The predicted octanol–water partition coefficient (Wildman–Crippen LogP) is 1.62. The third kappa shape index (κ3) is 3.75. The average Bonchev–Trinajstić information content (AvgIpc) is 3.05. The molecule has 3 rings (SSSR count). The van der Waals surface area contributed by atoms with E-state index in [0.717, 1.165) is 31.3 Å². The van der Waals surface area contributed by atoms with E-state index in [1.54, 1.807) is 37.7 Å². The van der Waals surface area contributed by atoms with Crippen molar-refractivity contribution in [2.45, 2.75) is 23.8 Å². The second-order valence-electron chi connectivity index (χ2n) is 6.03. The second kappa shape index (κ2) is 7.57. The summed E-state index contributed by atoms with van der Waals surface area (Å²) in [5.41, 5.74) is 0. The van der Waals surface area contributed by atoms with Crippen LogP contribution in [0.5, 0.6) is 0 Å².